The smallest absolute Gasteiger partial charge is 0.412 e. The van der Waals surface area contributed by atoms with Crippen molar-refractivity contribution >= 4 is 17.9 Å². The van der Waals surface area contributed by atoms with Gasteiger partial charge in [-0.05, 0) is 66.0 Å². The molecule has 11 heteroatoms. The number of unbranched alkanes of at least 4 members (excludes halogenated alkanes) is 1. The number of cyclic esters (lactones) is 1. The fourth-order valence-electron chi connectivity index (χ4n) is 4.71. The largest absolute Gasteiger partial charge is 0.444 e. The van der Waals surface area contributed by atoms with Gasteiger partial charge in [-0.25, -0.2) is 9.59 Å². The van der Waals surface area contributed by atoms with Gasteiger partial charge in [0, 0.05) is 30.4 Å². The molecular formula is C26H40N6O5. The van der Waals surface area contributed by atoms with E-state index in [2.05, 4.69) is 15.6 Å². The lowest BCUT2D eigenvalue weighted by molar-refractivity contribution is -0.0645. The molecule has 1 aliphatic heterocycles. The molecule has 11 nitrogen and oxygen atoms in total. The molecule has 4 atom stereocenters. The summed E-state index contributed by atoms with van der Waals surface area (Å²) in [6, 6.07) is 6.55. The number of rotatable bonds is 10. The number of hydrogen-bond acceptors (Lipinski definition) is 8. The Morgan fingerprint density at radius 3 is 2.68 bits per heavy atom. The van der Waals surface area contributed by atoms with Crippen molar-refractivity contribution in [2.24, 2.45) is 5.73 Å². The van der Waals surface area contributed by atoms with E-state index in [9.17, 15) is 14.7 Å². The summed E-state index contributed by atoms with van der Waals surface area (Å²) in [6.07, 6.45) is 2.02. The van der Waals surface area contributed by atoms with E-state index in [0.29, 0.717) is 37.3 Å². The molecule has 3 rings (SSSR count). The van der Waals surface area contributed by atoms with Gasteiger partial charge in [0.15, 0.2) is 5.60 Å². The number of hydrogen-bond donors (Lipinski definition) is 3. The van der Waals surface area contributed by atoms with Gasteiger partial charge in [0.2, 0.25) is 0 Å². The number of carbonyl (C=O) groups excluding carboxylic acids is 2. The summed E-state index contributed by atoms with van der Waals surface area (Å²) in [5, 5.41) is 21.7. The van der Waals surface area contributed by atoms with E-state index in [0.717, 1.165) is 12.0 Å². The fourth-order valence-corrected chi connectivity index (χ4v) is 4.71. The van der Waals surface area contributed by atoms with Gasteiger partial charge in [0.25, 0.3) is 0 Å². The highest BCUT2D eigenvalue weighted by atomic mass is 16.6. The summed E-state index contributed by atoms with van der Waals surface area (Å²) >= 11 is 0. The highest BCUT2D eigenvalue weighted by Gasteiger charge is 2.55. The first-order chi connectivity index (χ1) is 17.3. The predicted octanol–water partition coefficient (Wildman–Crippen LogP) is 3.77. The molecule has 37 heavy (non-hydrogen) atoms. The topological polar surface area (TPSA) is 145 Å². The highest BCUT2D eigenvalue weighted by Crippen LogP contribution is 2.35. The Morgan fingerprint density at radius 2 is 2.03 bits per heavy atom. The second-order valence-electron chi connectivity index (χ2n) is 10.8. The number of aromatic nitrogens is 3. The third-order valence-corrected chi connectivity index (χ3v) is 6.39. The number of aliphatic hydroxyl groups excluding tert-OH is 1. The first-order valence-electron chi connectivity index (χ1n) is 12.8. The highest BCUT2D eigenvalue weighted by molar-refractivity contribution is 5.86. The molecular weight excluding hydrogens is 476 g/mol. The van der Waals surface area contributed by atoms with Crippen LogP contribution in [0, 0.1) is 0 Å². The van der Waals surface area contributed by atoms with E-state index in [1.165, 1.54) is 0 Å². The molecule has 0 unspecified atom stereocenters. The number of benzene rings is 1. The molecule has 0 aliphatic carbocycles. The first kappa shape index (κ1) is 28.4. The minimum Gasteiger partial charge on any atom is -0.444 e. The SMILES string of the molecule is CC[C@@H](O)[C@@]1(C)OC(=O)N(CCCCn2cc(-c3cccc(NC(=O)OC(C)(C)C)c3)nn2)[C@@H]1[C@@H](C)N. The molecule has 1 aromatic heterocycles. The van der Waals surface area contributed by atoms with E-state index in [1.54, 1.807) is 22.6 Å². The first-order valence-corrected chi connectivity index (χ1v) is 12.8. The number of ether oxygens (including phenoxy) is 2. The molecule has 2 heterocycles. The molecule has 2 aromatic rings. The van der Waals surface area contributed by atoms with Crippen LogP contribution in [0.5, 0.6) is 0 Å². The van der Waals surface area contributed by atoms with Gasteiger partial charge in [0.1, 0.15) is 11.3 Å². The number of carbonyl (C=O) groups is 2. The Balaban J connectivity index is 1.56. The van der Waals surface area contributed by atoms with Crippen LogP contribution in [0.15, 0.2) is 30.5 Å². The fraction of sp³-hybridized carbons (Fsp3) is 0.615. The zero-order chi connectivity index (χ0) is 27.4. The average molecular weight is 517 g/mol. The summed E-state index contributed by atoms with van der Waals surface area (Å²) in [5.74, 6) is 0. The van der Waals surface area contributed by atoms with Crippen LogP contribution < -0.4 is 11.1 Å². The molecule has 0 radical (unpaired) electrons. The van der Waals surface area contributed by atoms with E-state index in [-0.39, 0.29) is 6.04 Å². The van der Waals surface area contributed by atoms with Crippen molar-refractivity contribution in [3.8, 4) is 11.3 Å². The molecule has 0 bridgehead atoms. The quantitative estimate of drug-likeness (QED) is 0.405. The summed E-state index contributed by atoms with van der Waals surface area (Å²) in [6.45, 7) is 11.9. The number of nitrogens with two attached hydrogens (primary N) is 1. The summed E-state index contributed by atoms with van der Waals surface area (Å²) in [5.41, 5.74) is 6.67. The van der Waals surface area contributed by atoms with Crippen LogP contribution in [0.4, 0.5) is 15.3 Å². The number of aryl methyl sites for hydroxylation is 1. The van der Waals surface area contributed by atoms with Gasteiger partial charge in [-0.3, -0.25) is 14.9 Å². The Hall–Kier alpha value is -3.18. The van der Waals surface area contributed by atoms with Crippen LogP contribution >= 0.6 is 0 Å². The Morgan fingerprint density at radius 1 is 1.32 bits per heavy atom. The van der Waals surface area contributed by atoms with Crippen molar-refractivity contribution in [3.05, 3.63) is 30.5 Å². The molecule has 2 amide bonds. The number of nitrogens with one attached hydrogen (secondary N) is 1. The van der Waals surface area contributed by atoms with Crippen LogP contribution in [0.2, 0.25) is 0 Å². The van der Waals surface area contributed by atoms with Gasteiger partial charge in [-0.15, -0.1) is 5.10 Å². The third kappa shape index (κ3) is 6.98. The summed E-state index contributed by atoms with van der Waals surface area (Å²) in [4.78, 5) is 26.3. The Labute approximate surface area is 218 Å². The van der Waals surface area contributed by atoms with Gasteiger partial charge in [-0.1, -0.05) is 24.3 Å². The van der Waals surface area contributed by atoms with Crippen LogP contribution in [-0.4, -0.2) is 73.1 Å². The van der Waals surface area contributed by atoms with Gasteiger partial charge < -0.3 is 20.3 Å². The number of anilines is 1. The molecule has 0 saturated carbocycles. The third-order valence-electron chi connectivity index (χ3n) is 6.39. The van der Waals surface area contributed by atoms with Gasteiger partial charge in [0.05, 0.1) is 18.3 Å². The van der Waals surface area contributed by atoms with Crippen LogP contribution in [0.3, 0.4) is 0 Å². The molecule has 1 saturated heterocycles. The average Bonchev–Trinajstić information content (AvgIpc) is 3.37. The predicted molar refractivity (Wildman–Crippen MR) is 140 cm³/mol. The number of nitrogens with zero attached hydrogens (tertiary/aromatic N) is 4. The number of aliphatic hydroxyl groups is 1. The van der Waals surface area contributed by atoms with Crippen molar-refractivity contribution in [1.29, 1.82) is 0 Å². The molecule has 1 aliphatic rings. The van der Waals surface area contributed by atoms with Crippen molar-refractivity contribution in [1.82, 2.24) is 19.9 Å². The van der Waals surface area contributed by atoms with E-state index < -0.39 is 35.5 Å². The lowest BCUT2D eigenvalue weighted by Gasteiger charge is -2.37. The minimum absolute atomic E-state index is 0.351. The zero-order valence-electron chi connectivity index (χ0n) is 22.6. The van der Waals surface area contributed by atoms with Crippen molar-refractivity contribution < 1.29 is 24.2 Å². The van der Waals surface area contributed by atoms with E-state index in [1.807, 2.05) is 59.0 Å². The maximum Gasteiger partial charge on any atom is 0.412 e. The summed E-state index contributed by atoms with van der Waals surface area (Å²) < 4.78 is 12.7. The maximum absolute atomic E-state index is 12.6. The van der Waals surface area contributed by atoms with E-state index in [4.69, 9.17) is 15.2 Å². The van der Waals surface area contributed by atoms with Crippen molar-refractivity contribution in [2.75, 3.05) is 11.9 Å². The molecule has 4 N–H and O–H groups in total. The van der Waals surface area contributed by atoms with Crippen molar-refractivity contribution in [3.63, 3.8) is 0 Å². The minimum atomic E-state index is -1.03. The van der Waals surface area contributed by atoms with Gasteiger partial charge >= 0.3 is 12.2 Å². The lowest BCUT2D eigenvalue weighted by atomic mass is 9.85. The molecule has 0 spiro atoms. The second kappa shape index (κ2) is 11.5. The zero-order valence-corrected chi connectivity index (χ0v) is 22.6. The van der Waals surface area contributed by atoms with Crippen molar-refractivity contribution in [2.45, 2.75) is 96.7 Å². The normalized spacial score (nSPS) is 21.5. The monoisotopic (exact) mass is 516 g/mol. The van der Waals surface area contributed by atoms with Gasteiger partial charge in [-0.2, -0.15) is 0 Å². The Bertz CT molecular complexity index is 1080. The van der Waals surface area contributed by atoms with Crippen LogP contribution in [-0.2, 0) is 16.0 Å². The standard InChI is InChI=1S/C26H40N6O5/c1-7-21(33)26(6)22(17(2)27)32(24(35)37-26)14-9-8-13-31-16-20(29-30-31)18-11-10-12-19(15-18)28-23(34)36-25(3,4)5/h10-12,15-17,21-22,33H,7-9,13-14,27H2,1-6H3,(H,28,34)/t17-,21-,22-,26-/m1/s1. The van der Waals surface area contributed by atoms with E-state index >= 15 is 0 Å². The maximum atomic E-state index is 12.6. The lowest BCUT2D eigenvalue weighted by Crippen LogP contribution is -2.58. The molecule has 1 aromatic carbocycles. The van der Waals surface area contributed by atoms with Crippen LogP contribution in [0.25, 0.3) is 11.3 Å². The summed E-state index contributed by atoms with van der Waals surface area (Å²) in [7, 11) is 0. The number of amides is 2. The molecule has 204 valence electrons. The van der Waals surface area contributed by atoms with Crippen LogP contribution in [0.1, 0.15) is 60.8 Å². The molecule has 1 fully saturated rings. The Kier molecular flexibility index (Phi) is 8.80. The second-order valence-corrected chi connectivity index (χ2v) is 10.8.